The Morgan fingerprint density at radius 3 is 2.38 bits per heavy atom. The average molecular weight is 261 g/mol. The lowest BCUT2D eigenvalue weighted by atomic mass is 9.99. The monoisotopic (exact) mass is 260 g/mol. The Morgan fingerprint density at radius 1 is 1.31 bits per heavy atom. The van der Waals surface area contributed by atoms with E-state index in [0.717, 1.165) is 12.0 Å². The number of halogens is 2. The van der Waals surface area contributed by atoms with E-state index in [0.29, 0.717) is 10.0 Å². The van der Waals surface area contributed by atoms with Gasteiger partial charge in [-0.15, -0.1) is 0 Å². The molecular formula is C12H18Cl2N2. The maximum Gasteiger partial charge on any atom is 0.0468 e. The third-order valence-electron chi connectivity index (χ3n) is 2.54. The van der Waals surface area contributed by atoms with Crippen molar-refractivity contribution in [1.82, 2.24) is 4.90 Å². The zero-order valence-electron chi connectivity index (χ0n) is 9.87. The van der Waals surface area contributed by atoms with Crippen LogP contribution in [0, 0.1) is 0 Å². The lowest BCUT2D eigenvalue weighted by Gasteiger charge is -2.27. The van der Waals surface area contributed by atoms with Gasteiger partial charge in [0.25, 0.3) is 0 Å². The van der Waals surface area contributed by atoms with Crippen LogP contribution in [0.15, 0.2) is 18.2 Å². The van der Waals surface area contributed by atoms with Crippen LogP contribution in [0.3, 0.4) is 0 Å². The lowest BCUT2D eigenvalue weighted by Crippen LogP contribution is -2.27. The number of rotatable bonds is 4. The fourth-order valence-electron chi connectivity index (χ4n) is 1.74. The Kier molecular flexibility index (Phi) is 5.06. The second kappa shape index (κ2) is 5.87. The molecule has 0 aliphatic rings. The van der Waals surface area contributed by atoms with E-state index in [1.165, 1.54) is 0 Å². The Balaban J connectivity index is 3.01. The predicted molar refractivity (Wildman–Crippen MR) is 71.2 cm³/mol. The summed E-state index contributed by atoms with van der Waals surface area (Å²) in [5, 5.41) is 1.36. The van der Waals surface area contributed by atoms with Gasteiger partial charge >= 0.3 is 0 Å². The van der Waals surface area contributed by atoms with Crippen molar-refractivity contribution in [3.8, 4) is 0 Å². The molecule has 0 saturated carbocycles. The van der Waals surface area contributed by atoms with Crippen LogP contribution in [0.1, 0.15) is 24.9 Å². The Morgan fingerprint density at radius 2 is 1.94 bits per heavy atom. The van der Waals surface area contributed by atoms with E-state index >= 15 is 0 Å². The van der Waals surface area contributed by atoms with Crippen LogP contribution in [0.25, 0.3) is 0 Å². The summed E-state index contributed by atoms with van der Waals surface area (Å²) in [5.41, 5.74) is 6.93. The highest BCUT2D eigenvalue weighted by atomic mass is 35.5. The van der Waals surface area contributed by atoms with E-state index in [9.17, 15) is 0 Å². The summed E-state index contributed by atoms with van der Waals surface area (Å²) in [7, 11) is 4.05. The van der Waals surface area contributed by atoms with Gasteiger partial charge in [-0.25, -0.2) is 0 Å². The molecule has 2 atom stereocenters. The van der Waals surface area contributed by atoms with Crippen molar-refractivity contribution >= 4 is 23.2 Å². The highest BCUT2D eigenvalue weighted by Gasteiger charge is 2.18. The molecule has 0 amide bonds. The van der Waals surface area contributed by atoms with E-state index in [-0.39, 0.29) is 12.1 Å². The Hall–Kier alpha value is -0.280. The standard InChI is InChI=1S/C12H18Cl2N2/c1-8(15)6-12(16(2)3)10-5-4-9(13)7-11(10)14/h4-5,7-8,12H,6,15H2,1-3H3. The first-order chi connectivity index (χ1) is 7.41. The van der Waals surface area contributed by atoms with Crippen molar-refractivity contribution in [2.75, 3.05) is 14.1 Å². The number of hydrogen-bond donors (Lipinski definition) is 1. The van der Waals surface area contributed by atoms with Crippen LogP contribution in [0.4, 0.5) is 0 Å². The van der Waals surface area contributed by atoms with Crippen LogP contribution in [-0.2, 0) is 0 Å². The molecule has 0 aliphatic carbocycles. The number of hydrogen-bond acceptors (Lipinski definition) is 2. The largest absolute Gasteiger partial charge is 0.328 e. The van der Waals surface area contributed by atoms with Gasteiger partial charge in [-0.2, -0.15) is 0 Å². The topological polar surface area (TPSA) is 29.3 Å². The molecule has 16 heavy (non-hydrogen) atoms. The molecule has 2 nitrogen and oxygen atoms in total. The van der Waals surface area contributed by atoms with Gasteiger partial charge < -0.3 is 10.6 Å². The molecule has 4 heteroatoms. The first kappa shape index (κ1) is 13.8. The van der Waals surface area contributed by atoms with Gasteiger partial charge in [-0.05, 0) is 45.1 Å². The Labute approximate surface area is 107 Å². The molecule has 0 aromatic heterocycles. The lowest BCUT2D eigenvalue weighted by molar-refractivity contribution is 0.272. The minimum absolute atomic E-state index is 0.138. The molecule has 0 bridgehead atoms. The quantitative estimate of drug-likeness (QED) is 0.900. The molecular weight excluding hydrogens is 243 g/mol. The molecule has 2 N–H and O–H groups in total. The maximum atomic E-state index is 6.20. The van der Waals surface area contributed by atoms with Crippen LogP contribution in [-0.4, -0.2) is 25.0 Å². The van der Waals surface area contributed by atoms with Gasteiger partial charge in [0, 0.05) is 22.1 Å². The van der Waals surface area contributed by atoms with Crippen LogP contribution in [0.2, 0.25) is 10.0 Å². The van der Waals surface area contributed by atoms with E-state index in [1.54, 1.807) is 6.07 Å². The number of benzene rings is 1. The van der Waals surface area contributed by atoms with Gasteiger partial charge in [-0.1, -0.05) is 29.3 Å². The molecule has 1 aromatic carbocycles. The van der Waals surface area contributed by atoms with Crippen molar-refractivity contribution in [1.29, 1.82) is 0 Å². The third-order valence-corrected chi connectivity index (χ3v) is 3.10. The van der Waals surface area contributed by atoms with E-state index in [2.05, 4.69) is 4.90 Å². The fourth-order valence-corrected chi connectivity index (χ4v) is 2.27. The summed E-state index contributed by atoms with van der Waals surface area (Å²) >= 11 is 12.1. The summed E-state index contributed by atoms with van der Waals surface area (Å²) in [4.78, 5) is 2.12. The zero-order valence-corrected chi connectivity index (χ0v) is 11.4. The highest BCUT2D eigenvalue weighted by Crippen LogP contribution is 2.31. The van der Waals surface area contributed by atoms with E-state index in [1.807, 2.05) is 33.2 Å². The van der Waals surface area contributed by atoms with Crippen LogP contribution < -0.4 is 5.73 Å². The van der Waals surface area contributed by atoms with E-state index in [4.69, 9.17) is 28.9 Å². The number of nitrogens with two attached hydrogens (primary N) is 1. The second-order valence-electron chi connectivity index (χ2n) is 4.36. The summed E-state index contributed by atoms with van der Waals surface area (Å²) in [6, 6.07) is 5.97. The van der Waals surface area contributed by atoms with Crippen molar-refractivity contribution in [2.45, 2.75) is 25.4 Å². The smallest absolute Gasteiger partial charge is 0.0468 e. The first-order valence-corrected chi connectivity index (χ1v) is 6.04. The molecule has 0 saturated heterocycles. The van der Waals surface area contributed by atoms with Gasteiger partial charge in [0.1, 0.15) is 0 Å². The first-order valence-electron chi connectivity index (χ1n) is 5.28. The van der Waals surface area contributed by atoms with Gasteiger partial charge in [0.15, 0.2) is 0 Å². The molecule has 2 unspecified atom stereocenters. The SMILES string of the molecule is CC(N)CC(c1ccc(Cl)cc1Cl)N(C)C. The summed E-state index contributed by atoms with van der Waals surface area (Å²) in [6.45, 7) is 2.00. The van der Waals surface area contributed by atoms with Crippen molar-refractivity contribution in [3.05, 3.63) is 33.8 Å². The molecule has 0 fully saturated rings. The summed E-state index contributed by atoms with van der Waals surface area (Å²) < 4.78 is 0. The third kappa shape index (κ3) is 3.63. The van der Waals surface area contributed by atoms with E-state index < -0.39 is 0 Å². The molecule has 0 heterocycles. The van der Waals surface area contributed by atoms with Crippen LogP contribution >= 0.6 is 23.2 Å². The van der Waals surface area contributed by atoms with Gasteiger partial charge in [-0.3, -0.25) is 0 Å². The second-order valence-corrected chi connectivity index (χ2v) is 5.20. The molecule has 0 spiro atoms. The van der Waals surface area contributed by atoms with Crippen molar-refractivity contribution in [3.63, 3.8) is 0 Å². The highest BCUT2D eigenvalue weighted by molar-refractivity contribution is 6.35. The van der Waals surface area contributed by atoms with Crippen molar-refractivity contribution < 1.29 is 0 Å². The molecule has 1 rings (SSSR count). The molecule has 0 radical (unpaired) electrons. The molecule has 90 valence electrons. The Bertz CT molecular complexity index is 351. The average Bonchev–Trinajstić information content (AvgIpc) is 2.14. The fraction of sp³-hybridized carbons (Fsp3) is 0.500. The van der Waals surface area contributed by atoms with Crippen molar-refractivity contribution in [2.24, 2.45) is 5.73 Å². The summed E-state index contributed by atoms with van der Waals surface area (Å²) in [5.74, 6) is 0. The predicted octanol–water partition coefficient (Wildman–Crippen LogP) is 3.33. The van der Waals surface area contributed by atoms with Crippen LogP contribution in [0.5, 0.6) is 0 Å². The maximum absolute atomic E-state index is 6.20. The summed E-state index contributed by atoms with van der Waals surface area (Å²) in [6.07, 6.45) is 0.869. The molecule has 0 aliphatic heterocycles. The minimum atomic E-state index is 0.138. The minimum Gasteiger partial charge on any atom is -0.328 e. The van der Waals surface area contributed by atoms with Gasteiger partial charge in [0.2, 0.25) is 0 Å². The number of nitrogens with zero attached hydrogens (tertiary/aromatic N) is 1. The zero-order chi connectivity index (χ0) is 12.3. The van der Waals surface area contributed by atoms with Gasteiger partial charge in [0.05, 0.1) is 0 Å². The normalized spacial score (nSPS) is 15.2. The molecule has 1 aromatic rings.